The number of nitrogens with zero attached hydrogens (tertiary/aromatic N) is 1. The molecule has 24 heavy (non-hydrogen) atoms. The summed E-state index contributed by atoms with van der Waals surface area (Å²) in [7, 11) is 0. The Morgan fingerprint density at radius 3 is 2.54 bits per heavy atom. The Hall–Kier alpha value is -2.47. The third-order valence-electron chi connectivity index (χ3n) is 3.40. The lowest BCUT2D eigenvalue weighted by molar-refractivity contribution is -0.115. The number of aliphatic imine (C=N–C) groups is 1. The Balaban J connectivity index is 1.54. The molecule has 2 N–H and O–H groups in total. The van der Waals surface area contributed by atoms with Gasteiger partial charge in [0.2, 0.25) is 5.91 Å². The summed E-state index contributed by atoms with van der Waals surface area (Å²) >= 11 is 1.44. The van der Waals surface area contributed by atoms with Crippen LogP contribution in [0.3, 0.4) is 0 Å². The summed E-state index contributed by atoms with van der Waals surface area (Å²) < 4.78 is 5.73. The van der Waals surface area contributed by atoms with E-state index in [2.05, 4.69) is 15.6 Å². The van der Waals surface area contributed by atoms with E-state index in [9.17, 15) is 4.79 Å². The monoisotopic (exact) mass is 341 g/mol. The van der Waals surface area contributed by atoms with Crippen LogP contribution in [-0.2, 0) is 4.79 Å². The SMILES string of the molecule is C[C@@H](SC1=NCCN1)C(=O)Nc1ccc(Oc2ccccc2)cc1. The Kier molecular flexibility index (Phi) is 5.38. The molecule has 1 aliphatic rings. The van der Waals surface area contributed by atoms with Gasteiger partial charge in [0, 0.05) is 12.2 Å². The molecule has 6 heteroatoms. The summed E-state index contributed by atoms with van der Waals surface area (Å²) in [5.74, 6) is 1.46. The molecular weight excluding hydrogens is 322 g/mol. The van der Waals surface area contributed by atoms with Gasteiger partial charge in [-0.1, -0.05) is 30.0 Å². The average molecular weight is 341 g/mol. The van der Waals surface area contributed by atoms with E-state index in [4.69, 9.17) is 4.74 Å². The number of nitrogens with one attached hydrogen (secondary N) is 2. The van der Waals surface area contributed by atoms with Crippen molar-refractivity contribution < 1.29 is 9.53 Å². The second kappa shape index (κ2) is 7.88. The number of carbonyl (C=O) groups is 1. The van der Waals surface area contributed by atoms with Crippen LogP contribution in [0.5, 0.6) is 11.5 Å². The Bertz CT molecular complexity index is 717. The van der Waals surface area contributed by atoms with Crippen molar-refractivity contribution in [3.63, 3.8) is 0 Å². The minimum absolute atomic E-state index is 0.0480. The lowest BCUT2D eigenvalue weighted by Gasteiger charge is -2.12. The molecule has 2 aromatic rings. The zero-order valence-corrected chi connectivity index (χ0v) is 14.2. The average Bonchev–Trinajstić information content (AvgIpc) is 3.10. The predicted octanol–water partition coefficient (Wildman–Crippen LogP) is 3.50. The van der Waals surface area contributed by atoms with Gasteiger partial charge in [-0.15, -0.1) is 0 Å². The summed E-state index contributed by atoms with van der Waals surface area (Å²) in [4.78, 5) is 16.5. The number of para-hydroxylation sites is 1. The van der Waals surface area contributed by atoms with Gasteiger partial charge in [0.05, 0.1) is 11.8 Å². The number of hydrogen-bond donors (Lipinski definition) is 2. The molecule has 0 aliphatic carbocycles. The van der Waals surface area contributed by atoms with Crippen molar-refractivity contribution in [3.05, 3.63) is 54.6 Å². The van der Waals surface area contributed by atoms with Gasteiger partial charge in [-0.2, -0.15) is 0 Å². The molecule has 0 saturated heterocycles. The Labute approximate surface area is 145 Å². The fourth-order valence-electron chi connectivity index (χ4n) is 2.15. The topological polar surface area (TPSA) is 62.7 Å². The predicted molar refractivity (Wildman–Crippen MR) is 98.9 cm³/mol. The Morgan fingerprint density at radius 2 is 1.88 bits per heavy atom. The van der Waals surface area contributed by atoms with Crippen molar-refractivity contribution in [2.24, 2.45) is 4.99 Å². The Morgan fingerprint density at radius 1 is 1.17 bits per heavy atom. The molecule has 1 heterocycles. The number of amides is 1. The smallest absolute Gasteiger partial charge is 0.237 e. The number of thioether (sulfide) groups is 1. The summed E-state index contributed by atoms with van der Waals surface area (Å²) in [5.41, 5.74) is 0.745. The summed E-state index contributed by atoms with van der Waals surface area (Å²) in [5, 5.41) is 6.69. The van der Waals surface area contributed by atoms with E-state index in [1.807, 2.05) is 61.5 Å². The second-order valence-corrected chi connectivity index (χ2v) is 6.63. The highest BCUT2D eigenvalue weighted by Gasteiger charge is 2.18. The zero-order valence-electron chi connectivity index (χ0n) is 13.4. The largest absolute Gasteiger partial charge is 0.457 e. The second-order valence-electron chi connectivity index (χ2n) is 5.30. The van der Waals surface area contributed by atoms with Crippen molar-refractivity contribution in [2.45, 2.75) is 12.2 Å². The first-order chi connectivity index (χ1) is 11.7. The molecule has 1 atom stereocenters. The lowest BCUT2D eigenvalue weighted by atomic mass is 10.3. The van der Waals surface area contributed by atoms with Gasteiger partial charge in [-0.05, 0) is 43.3 Å². The standard InChI is InChI=1S/C18H19N3O2S/c1-13(24-18-19-11-12-20-18)17(22)21-14-7-9-16(10-8-14)23-15-5-3-2-4-6-15/h2-10,13H,11-12H2,1H3,(H,19,20)(H,21,22)/t13-/m1/s1. The number of amidine groups is 1. The molecule has 0 spiro atoms. The maximum absolute atomic E-state index is 12.2. The van der Waals surface area contributed by atoms with Crippen LogP contribution < -0.4 is 15.4 Å². The quantitative estimate of drug-likeness (QED) is 0.874. The van der Waals surface area contributed by atoms with Crippen LogP contribution in [0, 0.1) is 0 Å². The van der Waals surface area contributed by atoms with E-state index in [1.54, 1.807) is 0 Å². The number of hydrogen-bond acceptors (Lipinski definition) is 5. The van der Waals surface area contributed by atoms with Crippen molar-refractivity contribution in [3.8, 4) is 11.5 Å². The molecule has 124 valence electrons. The molecule has 0 aromatic heterocycles. The van der Waals surface area contributed by atoms with Gasteiger partial charge < -0.3 is 15.4 Å². The minimum Gasteiger partial charge on any atom is -0.457 e. The lowest BCUT2D eigenvalue weighted by Crippen LogP contribution is -2.26. The maximum atomic E-state index is 12.2. The maximum Gasteiger partial charge on any atom is 0.237 e. The van der Waals surface area contributed by atoms with Crippen LogP contribution in [0.1, 0.15) is 6.92 Å². The molecule has 3 rings (SSSR count). The van der Waals surface area contributed by atoms with Crippen molar-refractivity contribution in [1.82, 2.24) is 5.32 Å². The highest BCUT2D eigenvalue weighted by atomic mass is 32.2. The molecule has 0 radical (unpaired) electrons. The zero-order chi connectivity index (χ0) is 16.8. The first-order valence-electron chi connectivity index (χ1n) is 7.79. The first kappa shape index (κ1) is 16.4. The van der Waals surface area contributed by atoms with Gasteiger partial charge in [0.15, 0.2) is 5.17 Å². The van der Waals surface area contributed by atoms with E-state index in [1.165, 1.54) is 11.8 Å². The van der Waals surface area contributed by atoms with E-state index >= 15 is 0 Å². The van der Waals surface area contributed by atoms with Gasteiger partial charge >= 0.3 is 0 Å². The molecule has 0 fully saturated rings. The third-order valence-corrected chi connectivity index (χ3v) is 4.47. The highest BCUT2D eigenvalue weighted by Crippen LogP contribution is 2.23. The molecule has 2 aromatic carbocycles. The van der Waals surface area contributed by atoms with Crippen LogP contribution in [0.15, 0.2) is 59.6 Å². The van der Waals surface area contributed by atoms with Crippen LogP contribution in [-0.4, -0.2) is 29.4 Å². The van der Waals surface area contributed by atoms with E-state index < -0.39 is 0 Å². The molecule has 0 unspecified atom stereocenters. The van der Waals surface area contributed by atoms with Gasteiger partial charge in [-0.25, -0.2) is 0 Å². The molecule has 0 bridgehead atoms. The molecule has 0 saturated carbocycles. The van der Waals surface area contributed by atoms with Crippen LogP contribution in [0.4, 0.5) is 5.69 Å². The van der Waals surface area contributed by atoms with Gasteiger partial charge in [0.25, 0.3) is 0 Å². The minimum atomic E-state index is -0.213. The number of ether oxygens (including phenoxy) is 1. The van der Waals surface area contributed by atoms with Crippen molar-refractivity contribution >= 4 is 28.5 Å². The highest BCUT2D eigenvalue weighted by molar-refractivity contribution is 8.14. The third kappa shape index (κ3) is 4.52. The van der Waals surface area contributed by atoms with Crippen LogP contribution >= 0.6 is 11.8 Å². The normalized spacial score (nSPS) is 14.5. The van der Waals surface area contributed by atoms with Crippen LogP contribution in [0.25, 0.3) is 0 Å². The fourth-order valence-corrected chi connectivity index (χ4v) is 3.00. The summed E-state index contributed by atoms with van der Waals surface area (Å²) in [6.45, 7) is 3.49. The summed E-state index contributed by atoms with van der Waals surface area (Å²) in [6.07, 6.45) is 0. The van der Waals surface area contributed by atoms with Crippen molar-refractivity contribution in [1.29, 1.82) is 0 Å². The van der Waals surface area contributed by atoms with Crippen LogP contribution in [0.2, 0.25) is 0 Å². The van der Waals surface area contributed by atoms with E-state index in [0.717, 1.165) is 35.4 Å². The number of carbonyl (C=O) groups excluding carboxylic acids is 1. The van der Waals surface area contributed by atoms with E-state index in [-0.39, 0.29) is 11.2 Å². The van der Waals surface area contributed by atoms with Crippen molar-refractivity contribution in [2.75, 3.05) is 18.4 Å². The van der Waals surface area contributed by atoms with Gasteiger partial charge in [-0.3, -0.25) is 9.79 Å². The van der Waals surface area contributed by atoms with E-state index in [0.29, 0.717) is 0 Å². The number of anilines is 1. The van der Waals surface area contributed by atoms with Gasteiger partial charge in [0.1, 0.15) is 11.5 Å². The molecular formula is C18H19N3O2S. The number of benzene rings is 2. The molecule has 1 aliphatic heterocycles. The first-order valence-corrected chi connectivity index (χ1v) is 8.67. The molecule has 5 nitrogen and oxygen atoms in total. The fraction of sp³-hybridized carbons (Fsp3) is 0.222. The summed E-state index contributed by atoms with van der Waals surface area (Å²) in [6, 6.07) is 16.9. The number of rotatable bonds is 5. The molecule has 1 amide bonds.